The summed E-state index contributed by atoms with van der Waals surface area (Å²) in [4.78, 5) is 5.53. The van der Waals surface area contributed by atoms with E-state index < -0.39 is 0 Å². The summed E-state index contributed by atoms with van der Waals surface area (Å²) in [5.74, 6) is 6.61. The van der Waals surface area contributed by atoms with E-state index in [9.17, 15) is 0 Å². The fraction of sp³-hybridized carbons (Fsp3) is 0.385. The Bertz CT molecular complexity index is 508. The molecule has 0 fully saturated rings. The van der Waals surface area contributed by atoms with Crippen molar-refractivity contribution in [1.82, 2.24) is 20.2 Å². The smallest absolute Gasteiger partial charge is 0.138 e. The van der Waals surface area contributed by atoms with Gasteiger partial charge in [0.15, 0.2) is 0 Å². The Morgan fingerprint density at radius 1 is 1.37 bits per heavy atom. The van der Waals surface area contributed by atoms with Gasteiger partial charge in [-0.15, -0.1) is 11.8 Å². The Balaban J connectivity index is 2.15. The molecular weight excluding hydrogens is 258 g/mol. The molecular formula is C13H19N5S. The lowest BCUT2D eigenvalue weighted by molar-refractivity contribution is 0.510. The highest BCUT2D eigenvalue weighted by Gasteiger charge is 2.14. The maximum absolute atomic E-state index is 5.67. The number of hydrogen-bond acceptors (Lipinski definition) is 5. The minimum absolute atomic E-state index is 0.0467. The van der Waals surface area contributed by atoms with E-state index in [4.69, 9.17) is 5.84 Å². The number of thioether (sulfide) groups is 1. The summed E-state index contributed by atoms with van der Waals surface area (Å²) in [6.45, 7) is 2.87. The molecule has 0 amide bonds. The summed E-state index contributed by atoms with van der Waals surface area (Å²) in [5.41, 5.74) is 4.02. The summed E-state index contributed by atoms with van der Waals surface area (Å²) >= 11 is 1.73. The maximum atomic E-state index is 5.67. The molecule has 5 nitrogen and oxygen atoms in total. The highest BCUT2D eigenvalue weighted by molar-refractivity contribution is 7.98. The van der Waals surface area contributed by atoms with Gasteiger partial charge in [0.05, 0.1) is 6.04 Å². The molecule has 0 bridgehead atoms. The number of hydrogen-bond donors (Lipinski definition) is 2. The second-order valence-electron chi connectivity index (χ2n) is 4.19. The third kappa shape index (κ3) is 3.34. The average Bonchev–Trinajstić information content (AvgIpc) is 2.92. The largest absolute Gasteiger partial charge is 0.271 e. The first-order chi connectivity index (χ1) is 9.28. The molecule has 102 valence electrons. The van der Waals surface area contributed by atoms with Gasteiger partial charge in [-0.25, -0.2) is 4.98 Å². The molecule has 1 heterocycles. The van der Waals surface area contributed by atoms with Crippen molar-refractivity contribution in [3.8, 4) is 0 Å². The first kappa shape index (κ1) is 14.0. The van der Waals surface area contributed by atoms with Crippen LogP contribution in [-0.2, 0) is 13.0 Å². The predicted octanol–water partition coefficient (Wildman–Crippen LogP) is 1.77. The molecule has 1 unspecified atom stereocenters. The Kier molecular flexibility index (Phi) is 4.95. The van der Waals surface area contributed by atoms with E-state index in [1.807, 2.05) is 4.68 Å². The molecule has 1 aromatic heterocycles. The second kappa shape index (κ2) is 6.70. The van der Waals surface area contributed by atoms with Crippen LogP contribution in [0.2, 0.25) is 0 Å². The van der Waals surface area contributed by atoms with E-state index in [0.717, 1.165) is 24.4 Å². The number of benzene rings is 1. The molecule has 0 radical (unpaired) electrons. The molecule has 0 spiro atoms. The van der Waals surface area contributed by atoms with Gasteiger partial charge >= 0.3 is 0 Å². The first-order valence-corrected chi connectivity index (χ1v) is 7.47. The highest BCUT2D eigenvalue weighted by atomic mass is 32.2. The molecule has 1 atom stereocenters. The van der Waals surface area contributed by atoms with Crippen LogP contribution in [-0.4, -0.2) is 21.0 Å². The zero-order valence-corrected chi connectivity index (χ0v) is 12.0. The number of aryl methyl sites for hydroxylation is 1. The van der Waals surface area contributed by atoms with Gasteiger partial charge in [0.25, 0.3) is 0 Å². The molecule has 0 aliphatic carbocycles. The lowest BCUT2D eigenvalue weighted by Gasteiger charge is -2.16. The monoisotopic (exact) mass is 277 g/mol. The van der Waals surface area contributed by atoms with E-state index in [-0.39, 0.29) is 6.04 Å². The van der Waals surface area contributed by atoms with Crippen LogP contribution in [0.5, 0.6) is 0 Å². The van der Waals surface area contributed by atoms with Crippen LogP contribution in [0.4, 0.5) is 0 Å². The fourth-order valence-corrected chi connectivity index (χ4v) is 2.41. The summed E-state index contributed by atoms with van der Waals surface area (Å²) in [7, 11) is 0. The van der Waals surface area contributed by atoms with Crippen LogP contribution in [0.25, 0.3) is 0 Å². The average molecular weight is 277 g/mol. The second-order valence-corrected chi connectivity index (χ2v) is 5.07. The van der Waals surface area contributed by atoms with E-state index in [2.05, 4.69) is 53.0 Å². The molecule has 3 N–H and O–H groups in total. The van der Waals surface area contributed by atoms with Crippen molar-refractivity contribution in [2.75, 3.05) is 6.26 Å². The van der Waals surface area contributed by atoms with E-state index >= 15 is 0 Å². The normalized spacial score (nSPS) is 12.6. The number of rotatable bonds is 6. The molecule has 0 saturated heterocycles. The Hall–Kier alpha value is -1.37. The summed E-state index contributed by atoms with van der Waals surface area (Å²) < 4.78 is 1.89. The van der Waals surface area contributed by atoms with E-state index in [1.54, 1.807) is 18.1 Å². The summed E-state index contributed by atoms with van der Waals surface area (Å²) in [6.07, 6.45) is 4.38. The Morgan fingerprint density at radius 2 is 2.11 bits per heavy atom. The van der Waals surface area contributed by atoms with Crippen LogP contribution in [0.15, 0.2) is 35.5 Å². The lowest BCUT2D eigenvalue weighted by Crippen LogP contribution is -2.30. The number of nitrogens with two attached hydrogens (primary N) is 1. The molecule has 2 aromatic rings. The molecule has 0 aliphatic heterocycles. The van der Waals surface area contributed by atoms with E-state index in [1.165, 1.54) is 4.90 Å². The van der Waals surface area contributed by atoms with Gasteiger partial charge in [-0.1, -0.05) is 12.1 Å². The molecule has 19 heavy (non-hydrogen) atoms. The van der Waals surface area contributed by atoms with Gasteiger partial charge in [0.1, 0.15) is 12.2 Å². The van der Waals surface area contributed by atoms with Crippen molar-refractivity contribution < 1.29 is 0 Å². The van der Waals surface area contributed by atoms with Gasteiger partial charge in [-0.3, -0.25) is 16.0 Å². The molecule has 6 heteroatoms. The van der Waals surface area contributed by atoms with Crippen molar-refractivity contribution in [2.24, 2.45) is 5.84 Å². The summed E-state index contributed by atoms with van der Waals surface area (Å²) in [5, 5.41) is 4.18. The van der Waals surface area contributed by atoms with Gasteiger partial charge < -0.3 is 0 Å². The minimum atomic E-state index is 0.0467. The van der Waals surface area contributed by atoms with Crippen LogP contribution in [0, 0.1) is 0 Å². The van der Waals surface area contributed by atoms with Crippen molar-refractivity contribution in [2.45, 2.75) is 30.8 Å². The first-order valence-electron chi connectivity index (χ1n) is 6.25. The third-order valence-electron chi connectivity index (χ3n) is 3.10. The molecule has 0 saturated carbocycles. The molecule has 0 aliphatic rings. The van der Waals surface area contributed by atoms with Crippen LogP contribution in [0.3, 0.4) is 0 Å². The molecule has 1 aromatic carbocycles. The number of nitrogens with one attached hydrogen (secondary N) is 1. The van der Waals surface area contributed by atoms with Crippen molar-refractivity contribution in [3.05, 3.63) is 42.0 Å². The zero-order valence-electron chi connectivity index (χ0n) is 11.2. The van der Waals surface area contributed by atoms with Crippen molar-refractivity contribution >= 4 is 11.8 Å². The SMILES string of the molecule is CCn1ncnc1CC(NN)c1ccc(SC)cc1. The highest BCUT2D eigenvalue weighted by Crippen LogP contribution is 2.21. The third-order valence-corrected chi connectivity index (χ3v) is 3.84. The number of aromatic nitrogens is 3. The standard InChI is InChI=1S/C13H19N5S/c1-3-18-13(15-9-16-18)8-12(17-14)10-4-6-11(19-2)7-5-10/h4-7,9,12,17H,3,8,14H2,1-2H3. The number of nitrogens with zero attached hydrogens (tertiary/aromatic N) is 3. The number of hydrazine groups is 1. The van der Waals surface area contributed by atoms with Gasteiger partial charge in [0, 0.05) is 17.9 Å². The minimum Gasteiger partial charge on any atom is -0.271 e. The van der Waals surface area contributed by atoms with Crippen LogP contribution >= 0.6 is 11.8 Å². The van der Waals surface area contributed by atoms with Crippen molar-refractivity contribution in [3.63, 3.8) is 0 Å². The zero-order chi connectivity index (χ0) is 13.7. The topological polar surface area (TPSA) is 68.8 Å². The Morgan fingerprint density at radius 3 is 2.68 bits per heavy atom. The Labute approximate surface area is 117 Å². The lowest BCUT2D eigenvalue weighted by atomic mass is 10.0. The van der Waals surface area contributed by atoms with Crippen LogP contribution < -0.4 is 11.3 Å². The summed E-state index contributed by atoms with van der Waals surface area (Å²) in [6, 6.07) is 8.46. The van der Waals surface area contributed by atoms with Crippen molar-refractivity contribution in [1.29, 1.82) is 0 Å². The van der Waals surface area contributed by atoms with Gasteiger partial charge in [0.2, 0.25) is 0 Å². The molecule has 2 rings (SSSR count). The van der Waals surface area contributed by atoms with Crippen LogP contribution in [0.1, 0.15) is 24.4 Å². The quantitative estimate of drug-likeness (QED) is 0.478. The fourth-order valence-electron chi connectivity index (χ4n) is 2.00. The van der Waals surface area contributed by atoms with E-state index in [0.29, 0.717) is 0 Å². The van der Waals surface area contributed by atoms with Gasteiger partial charge in [-0.05, 0) is 30.9 Å². The maximum Gasteiger partial charge on any atom is 0.138 e. The predicted molar refractivity (Wildman–Crippen MR) is 77.7 cm³/mol. The van der Waals surface area contributed by atoms with Gasteiger partial charge in [-0.2, -0.15) is 5.10 Å².